The zero-order valence-corrected chi connectivity index (χ0v) is 31.7. The van der Waals surface area contributed by atoms with Crippen LogP contribution in [0.3, 0.4) is 0 Å². The van der Waals surface area contributed by atoms with Gasteiger partial charge in [0.1, 0.15) is 18.3 Å². The van der Waals surface area contributed by atoms with Crippen molar-refractivity contribution < 1.29 is 20.1 Å². The first-order valence-electron chi connectivity index (χ1n) is 18.1. The summed E-state index contributed by atoms with van der Waals surface area (Å²) in [5, 5.41) is 41.8. The molecule has 11 heteroatoms. The topological polar surface area (TPSA) is 162 Å². The molecular weight excluding hydrogens is 618 g/mol. The Kier molecular flexibility index (Phi) is 24.1. The van der Waals surface area contributed by atoms with Crippen LogP contribution in [0.25, 0.3) is 0 Å². The summed E-state index contributed by atoms with van der Waals surface area (Å²) in [6, 6.07) is 3.11. The van der Waals surface area contributed by atoms with Crippen molar-refractivity contribution in [3.8, 4) is 18.9 Å². The van der Waals surface area contributed by atoms with E-state index >= 15 is 0 Å². The quantitative estimate of drug-likeness (QED) is 0.0432. The molecule has 0 aromatic heterocycles. The van der Waals surface area contributed by atoms with E-state index in [9.17, 15) is 15.0 Å². The maximum absolute atomic E-state index is 12.2. The van der Waals surface area contributed by atoms with Crippen LogP contribution in [0, 0.1) is 30.1 Å². The predicted molar refractivity (Wildman–Crippen MR) is 201 cm³/mol. The van der Waals surface area contributed by atoms with Crippen LogP contribution in [0.1, 0.15) is 93.9 Å². The number of likely N-dealkylation sites (tertiary alicyclic amines) is 1. The number of hydrogen-bond acceptors (Lipinski definition) is 9. The normalized spacial score (nSPS) is 20.8. The van der Waals surface area contributed by atoms with Crippen molar-refractivity contribution in [3.63, 3.8) is 0 Å². The number of piperidine rings is 1. The van der Waals surface area contributed by atoms with Gasteiger partial charge in [0.05, 0.1) is 24.4 Å². The van der Waals surface area contributed by atoms with Crippen LogP contribution in [-0.2, 0) is 4.79 Å². The lowest BCUT2D eigenvalue weighted by Crippen LogP contribution is -2.60. The molecule has 2 rings (SSSR count). The molecule has 2 saturated heterocycles. The van der Waals surface area contributed by atoms with Crippen molar-refractivity contribution in [2.75, 3.05) is 52.5 Å². The van der Waals surface area contributed by atoms with E-state index in [1.54, 1.807) is 6.92 Å². The van der Waals surface area contributed by atoms with E-state index in [0.29, 0.717) is 30.4 Å². The molecule has 0 radical (unpaired) electrons. The van der Waals surface area contributed by atoms with E-state index in [1.165, 1.54) is 5.57 Å². The molecule has 6 N–H and O–H groups in total. The molecule has 2 aliphatic rings. The number of rotatable bonds is 15. The van der Waals surface area contributed by atoms with Crippen LogP contribution >= 0.6 is 0 Å². The minimum Gasteiger partial charge on any atom is -0.395 e. The Morgan fingerprint density at radius 2 is 1.71 bits per heavy atom. The maximum Gasteiger partial charge on any atom is 0.250 e. The van der Waals surface area contributed by atoms with E-state index < -0.39 is 0 Å². The number of carbonyl (C=O) groups is 1. The lowest BCUT2D eigenvalue weighted by Gasteiger charge is -2.48. The predicted octanol–water partition coefficient (Wildman–Crippen LogP) is 3.78. The van der Waals surface area contributed by atoms with Crippen molar-refractivity contribution in [2.45, 2.75) is 118 Å². The second-order valence-corrected chi connectivity index (χ2v) is 12.5. The maximum atomic E-state index is 12.2. The molecule has 0 aromatic carbocycles. The van der Waals surface area contributed by atoms with Crippen LogP contribution in [0.2, 0.25) is 0 Å². The summed E-state index contributed by atoms with van der Waals surface area (Å²) >= 11 is 0. The molecule has 0 aromatic rings. The second kappa shape index (κ2) is 25.7. The molecule has 4 atom stereocenters. The molecule has 2 heterocycles. The molecule has 0 spiro atoms. The van der Waals surface area contributed by atoms with Gasteiger partial charge in [-0.25, -0.2) is 4.99 Å². The van der Waals surface area contributed by atoms with Gasteiger partial charge >= 0.3 is 0 Å². The summed E-state index contributed by atoms with van der Waals surface area (Å²) in [5.41, 5.74) is 8.37. The number of piperazine rings is 1. The van der Waals surface area contributed by atoms with Gasteiger partial charge in [-0.1, -0.05) is 46.3 Å². The van der Waals surface area contributed by atoms with Gasteiger partial charge in [0.2, 0.25) is 0 Å². The summed E-state index contributed by atoms with van der Waals surface area (Å²) in [5.74, 6) is 0.481. The summed E-state index contributed by atoms with van der Waals surface area (Å²) in [6.45, 7) is 20.1. The Bertz CT molecular complexity index is 1150. The summed E-state index contributed by atoms with van der Waals surface area (Å²) in [6.07, 6.45) is 17.0. The van der Waals surface area contributed by atoms with Crippen LogP contribution in [0.15, 0.2) is 39.7 Å². The fourth-order valence-electron chi connectivity index (χ4n) is 6.18. The lowest BCUT2D eigenvalue weighted by atomic mass is 9.92. The van der Waals surface area contributed by atoms with Gasteiger partial charge in [-0.15, -0.1) is 12.8 Å². The van der Waals surface area contributed by atoms with Crippen molar-refractivity contribution >= 4 is 11.7 Å². The standard InChI is InChI=1S/C34H59N7O4.C2H6.C2H2/c1-7-28(21-35)11-9-24(3)25(4)10-12-31(44)27(6)39-16-13-30(14-17-39)41-19-18-40(22-29(41)8-2)32(23-43)38-33(36)26(5)34(45)37-15-20-42;2*1-2/h9,11,25,27,29-31,42-44H,7-8,10,12-20,22-23,36H2,1-6H3,(H,37,45);1-2H3;1-2H/b24-9-,28-11+,33-26+,38-32+;;. The van der Waals surface area contributed by atoms with Crippen molar-refractivity contribution in [1.29, 1.82) is 5.26 Å². The number of terminal acetylenes is 1. The van der Waals surface area contributed by atoms with Gasteiger partial charge < -0.3 is 31.3 Å². The van der Waals surface area contributed by atoms with E-state index in [4.69, 9.17) is 16.1 Å². The summed E-state index contributed by atoms with van der Waals surface area (Å²) in [4.78, 5) is 23.7. The largest absolute Gasteiger partial charge is 0.395 e. The molecule has 0 bridgehead atoms. The highest BCUT2D eigenvalue weighted by atomic mass is 16.3. The molecule has 0 saturated carbocycles. The van der Waals surface area contributed by atoms with Crippen molar-refractivity contribution in [1.82, 2.24) is 20.0 Å². The number of amides is 1. The smallest absolute Gasteiger partial charge is 0.250 e. The van der Waals surface area contributed by atoms with Crippen LogP contribution in [0.4, 0.5) is 0 Å². The molecule has 2 aliphatic heterocycles. The van der Waals surface area contributed by atoms with E-state index in [2.05, 4.69) is 71.6 Å². The molecule has 278 valence electrons. The number of nitriles is 1. The van der Waals surface area contributed by atoms with Crippen molar-refractivity contribution in [3.05, 3.63) is 34.7 Å². The number of aliphatic hydroxyl groups excluding tert-OH is 3. The first kappa shape index (κ1) is 45.8. The molecule has 11 nitrogen and oxygen atoms in total. The number of nitrogens with two attached hydrogens (primary N) is 1. The fourth-order valence-corrected chi connectivity index (χ4v) is 6.18. The zero-order chi connectivity index (χ0) is 37.5. The molecule has 1 amide bonds. The number of amidine groups is 1. The third-order valence-corrected chi connectivity index (χ3v) is 9.72. The highest BCUT2D eigenvalue weighted by Gasteiger charge is 2.35. The third-order valence-electron chi connectivity index (χ3n) is 9.72. The number of aliphatic hydroxyl groups is 3. The molecule has 2 fully saturated rings. The molecule has 4 unspecified atom stereocenters. The Morgan fingerprint density at radius 1 is 1.08 bits per heavy atom. The second-order valence-electron chi connectivity index (χ2n) is 12.5. The first-order chi connectivity index (χ1) is 23.5. The molecular formula is C38H67N7O4. The third kappa shape index (κ3) is 15.1. The van der Waals surface area contributed by atoms with E-state index in [0.717, 1.165) is 70.3 Å². The number of carbonyl (C=O) groups excluding carboxylic acids is 1. The summed E-state index contributed by atoms with van der Waals surface area (Å²) < 4.78 is 0. The Morgan fingerprint density at radius 3 is 2.24 bits per heavy atom. The minimum absolute atomic E-state index is 0.0630. The zero-order valence-electron chi connectivity index (χ0n) is 31.7. The Balaban J connectivity index is 0.00000554. The summed E-state index contributed by atoms with van der Waals surface area (Å²) in [7, 11) is 0. The van der Waals surface area contributed by atoms with E-state index in [-0.39, 0.29) is 49.2 Å². The number of nitrogens with one attached hydrogen (secondary N) is 1. The van der Waals surface area contributed by atoms with Crippen LogP contribution in [0.5, 0.6) is 0 Å². The molecule has 0 aliphatic carbocycles. The average Bonchev–Trinajstić information content (AvgIpc) is 3.15. The van der Waals surface area contributed by atoms with E-state index in [1.807, 2.05) is 32.9 Å². The van der Waals surface area contributed by atoms with Crippen LogP contribution < -0.4 is 11.1 Å². The SMILES string of the molecule is C#C.CC.CC/C(C#N)=C\C=C(\C)C(C)CCC(O)C(C)N1CCC(N2CCN(/C(CO)=N/C(N)=C(\C)C(=O)NCCO)CC2CC)CC1. The van der Waals surface area contributed by atoms with Crippen LogP contribution in [-0.4, -0.2) is 118 Å². The minimum atomic E-state index is -0.389. The Labute approximate surface area is 297 Å². The van der Waals surface area contributed by atoms with Gasteiger partial charge in [-0.3, -0.25) is 14.6 Å². The monoisotopic (exact) mass is 686 g/mol. The van der Waals surface area contributed by atoms with Gasteiger partial charge in [0.15, 0.2) is 0 Å². The van der Waals surface area contributed by atoms with Gasteiger partial charge in [-0.2, -0.15) is 5.26 Å². The lowest BCUT2D eigenvalue weighted by molar-refractivity contribution is -0.117. The Hall–Kier alpha value is -3.19. The number of aliphatic imine (C=N–C) groups is 1. The van der Waals surface area contributed by atoms with Gasteiger partial charge in [0, 0.05) is 63.0 Å². The average molecular weight is 686 g/mol. The fraction of sp³-hybridized carbons (Fsp3) is 0.711. The number of allylic oxidation sites excluding steroid dienone is 4. The number of hydrogen-bond donors (Lipinski definition) is 5. The van der Waals surface area contributed by atoms with Crippen molar-refractivity contribution in [2.24, 2.45) is 16.6 Å². The first-order valence-corrected chi connectivity index (χ1v) is 18.1. The van der Waals surface area contributed by atoms with Gasteiger partial charge in [-0.05, 0) is 71.3 Å². The molecule has 49 heavy (non-hydrogen) atoms. The highest BCUT2D eigenvalue weighted by Crippen LogP contribution is 2.26. The highest BCUT2D eigenvalue weighted by molar-refractivity contribution is 5.94. The number of nitrogens with zero attached hydrogens (tertiary/aromatic N) is 5. The van der Waals surface area contributed by atoms with Gasteiger partial charge in [0.25, 0.3) is 5.91 Å².